The van der Waals surface area contributed by atoms with Crippen molar-refractivity contribution in [1.82, 2.24) is 0 Å². The molecule has 2 nitrogen and oxygen atoms in total. The predicted molar refractivity (Wildman–Crippen MR) is 185 cm³/mol. The van der Waals surface area contributed by atoms with Crippen LogP contribution in [0, 0.1) is 0 Å². The van der Waals surface area contributed by atoms with Gasteiger partial charge in [0, 0.05) is 43.1 Å². The maximum Gasteiger partial charge on any atom is 0.143 e. The second-order valence-electron chi connectivity index (χ2n) is 15.5. The number of rotatable bonds is 1. The first-order valence-corrected chi connectivity index (χ1v) is 18.7. The molecule has 210 valence electrons. The zero-order chi connectivity index (χ0) is 29.5. The number of benzene rings is 6. The van der Waals surface area contributed by atoms with Crippen LogP contribution in [0.5, 0.6) is 0 Å². The molecule has 0 fully saturated rings. The van der Waals surface area contributed by atoms with Gasteiger partial charge in [-0.05, 0) is 69.1 Å². The lowest BCUT2D eigenvalue weighted by Crippen LogP contribution is -2.38. The average Bonchev–Trinajstić information content (AvgIpc) is 3.46. The maximum atomic E-state index is 6.74. The minimum Gasteiger partial charge on any atom is -0.455 e. The Bertz CT molecular complexity index is 2400. The summed E-state index contributed by atoms with van der Waals surface area (Å²) in [5.41, 5.74) is 6.61. The third-order valence-electron chi connectivity index (χ3n) is 9.43. The molecular weight excluding hydrogens is 529 g/mol. The van der Waals surface area contributed by atoms with Gasteiger partial charge in [-0.25, -0.2) is 0 Å². The van der Waals surface area contributed by atoms with Crippen LogP contribution in [0.2, 0.25) is 19.6 Å². The van der Waals surface area contributed by atoms with Gasteiger partial charge in [0.25, 0.3) is 0 Å². The van der Waals surface area contributed by atoms with Gasteiger partial charge < -0.3 is 8.83 Å². The Hall–Kier alpha value is -3.82. The molecule has 3 heteroatoms. The van der Waals surface area contributed by atoms with E-state index in [1.807, 2.05) is 0 Å². The van der Waals surface area contributed by atoms with Crippen LogP contribution in [-0.2, 0) is 10.8 Å². The Kier molecular flexibility index (Phi) is 4.90. The summed E-state index contributed by atoms with van der Waals surface area (Å²) in [6, 6.07) is 25.4. The van der Waals surface area contributed by atoms with E-state index in [0.717, 1.165) is 22.3 Å². The van der Waals surface area contributed by atoms with Crippen molar-refractivity contribution in [2.75, 3.05) is 0 Å². The Morgan fingerprint density at radius 3 is 1.45 bits per heavy atom. The standard InChI is InChI=1S/C39H38O2Si/c1-38(2,3)22-10-12-24-28-16-21-17-33(42(7,8)9)30-20-29-25-13-11-23(39(4,5)6)19-32(25)41-37(29)27-15-14-26(34(21)35(27)30)36(28)40-31(24)18-22/h10-20H,1-9H3. The SMILES string of the molecule is CC(C)(C)c1ccc2c(c1)oc1c2cc2cc([Si](C)(C)C)c3cc4c5ccc(C(C)(C)C)cc5oc4c4ccc1c2c34. The topological polar surface area (TPSA) is 26.3 Å². The Balaban J connectivity index is 1.55. The van der Waals surface area contributed by atoms with Crippen LogP contribution in [0.3, 0.4) is 0 Å². The van der Waals surface area contributed by atoms with Crippen molar-refractivity contribution in [1.29, 1.82) is 0 Å². The smallest absolute Gasteiger partial charge is 0.143 e. The highest BCUT2D eigenvalue weighted by Crippen LogP contribution is 2.46. The molecule has 42 heavy (non-hydrogen) atoms. The summed E-state index contributed by atoms with van der Waals surface area (Å²) in [6.45, 7) is 20.9. The van der Waals surface area contributed by atoms with E-state index in [9.17, 15) is 0 Å². The third-order valence-corrected chi connectivity index (χ3v) is 11.5. The molecule has 0 saturated heterocycles. The van der Waals surface area contributed by atoms with Crippen LogP contribution >= 0.6 is 0 Å². The van der Waals surface area contributed by atoms with E-state index in [-0.39, 0.29) is 10.8 Å². The molecule has 2 aromatic heterocycles. The van der Waals surface area contributed by atoms with Crippen LogP contribution in [-0.4, -0.2) is 8.07 Å². The van der Waals surface area contributed by atoms with E-state index in [2.05, 4.69) is 128 Å². The second-order valence-corrected chi connectivity index (χ2v) is 20.5. The van der Waals surface area contributed by atoms with Crippen LogP contribution in [0.1, 0.15) is 52.7 Å². The summed E-state index contributed by atoms with van der Waals surface area (Å²) in [4.78, 5) is 0. The van der Waals surface area contributed by atoms with E-state index >= 15 is 0 Å². The highest BCUT2D eigenvalue weighted by atomic mass is 28.3. The highest BCUT2D eigenvalue weighted by Gasteiger charge is 2.27. The first-order valence-electron chi connectivity index (χ1n) is 15.2. The lowest BCUT2D eigenvalue weighted by molar-refractivity contribution is 0.587. The zero-order valence-electron chi connectivity index (χ0n) is 26.2. The fraction of sp³-hybridized carbons (Fsp3) is 0.282. The summed E-state index contributed by atoms with van der Waals surface area (Å²) >= 11 is 0. The third kappa shape index (κ3) is 3.49. The van der Waals surface area contributed by atoms with E-state index in [0.29, 0.717) is 0 Å². The van der Waals surface area contributed by atoms with Crippen molar-refractivity contribution in [3.63, 3.8) is 0 Å². The Morgan fingerprint density at radius 2 is 0.952 bits per heavy atom. The molecule has 0 amide bonds. The fourth-order valence-corrected chi connectivity index (χ4v) is 8.63. The highest BCUT2D eigenvalue weighted by molar-refractivity contribution is 6.90. The van der Waals surface area contributed by atoms with Gasteiger partial charge in [0.15, 0.2) is 0 Å². The van der Waals surface area contributed by atoms with Crippen molar-refractivity contribution in [2.45, 2.75) is 72.0 Å². The van der Waals surface area contributed by atoms with Gasteiger partial charge in [0.2, 0.25) is 0 Å². The van der Waals surface area contributed by atoms with Gasteiger partial charge in [0.1, 0.15) is 22.3 Å². The van der Waals surface area contributed by atoms with Crippen molar-refractivity contribution in [2.24, 2.45) is 0 Å². The molecular formula is C39H38O2Si. The molecule has 0 aliphatic carbocycles. The predicted octanol–water partition coefficient (Wildman–Crippen LogP) is 11.5. The summed E-state index contributed by atoms with van der Waals surface area (Å²) in [7, 11) is -1.71. The van der Waals surface area contributed by atoms with E-state index in [4.69, 9.17) is 8.83 Å². The van der Waals surface area contributed by atoms with Crippen LogP contribution in [0.15, 0.2) is 75.6 Å². The molecule has 0 atom stereocenters. The molecule has 2 heterocycles. The summed E-state index contributed by atoms with van der Waals surface area (Å²) in [5.74, 6) is 0. The van der Waals surface area contributed by atoms with Gasteiger partial charge in [-0.1, -0.05) is 96.7 Å². The van der Waals surface area contributed by atoms with Crippen molar-refractivity contribution in [3.05, 3.63) is 77.9 Å². The minimum atomic E-state index is -1.71. The zero-order valence-corrected chi connectivity index (χ0v) is 27.2. The maximum absolute atomic E-state index is 6.74. The molecule has 0 radical (unpaired) electrons. The lowest BCUT2D eigenvalue weighted by atomic mass is 9.86. The van der Waals surface area contributed by atoms with Crippen molar-refractivity contribution in [3.8, 4) is 0 Å². The lowest BCUT2D eigenvalue weighted by Gasteiger charge is -2.22. The van der Waals surface area contributed by atoms with Crippen LogP contribution < -0.4 is 5.19 Å². The first kappa shape index (κ1) is 25.9. The number of furan rings is 2. The van der Waals surface area contributed by atoms with E-state index < -0.39 is 8.07 Å². The molecule has 0 aliphatic heterocycles. The molecule has 8 aromatic rings. The number of fused-ring (bicyclic) bond motifs is 8. The van der Waals surface area contributed by atoms with E-state index in [1.165, 1.54) is 70.2 Å². The average molecular weight is 567 g/mol. The van der Waals surface area contributed by atoms with Crippen molar-refractivity contribution < 1.29 is 8.83 Å². The molecule has 8 rings (SSSR count). The Labute approximate surface area is 247 Å². The van der Waals surface area contributed by atoms with Gasteiger partial charge in [-0.3, -0.25) is 0 Å². The molecule has 0 bridgehead atoms. The van der Waals surface area contributed by atoms with Gasteiger partial charge in [-0.15, -0.1) is 0 Å². The van der Waals surface area contributed by atoms with Gasteiger partial charge in [0.05, 0.1) is 8.07 Å². The van der Waals surface area contributed by atoms with Gasteiger partial charge in [-0.2, -0.15) is 0 Å². The minimum absolute atomic E-state index is 0.0633. The summed E-state index contributed by atoms with van der Waals surface area (Å²) in [5, 5.41) is 13.9. The number of hydrogen-bond acceptors (Lipinski definition) is 2. The summed E-state index contributed by atoms with van der Waals surface area (Å²) < 4.78 is 13.4. The van der Waals surface area contributed by atoms with Crippen molar-refractivity contribution >= 4 is 89.5 Å². The summed E-state index contributed by atoms with van der Waals surface area (Å²) in [6.07, 6.45) is 0. The molecule has 0 saturated carbocycles. The quantitative estimate of drug-likeness (QED) is 0.146. The molecule has 0 unspecified atom stereocenters. The molecule has 0 aliphatic rings. The molecule has 6 aromatic carbocycles. The van der Waals surface area contributed by atoms with Gasteiger partial charge >= 0.3 is 0 Å². The second kappa shape index (κ2) is 7.96. The number of hydrogen-bond donors (Lipinski definition) is 0. The van der Waals surface area contributed by atoms with E-state index in [1.54, 1.807) is 0 Å². The van der Waals surface area contributed by atoms with Crippen LogP contribution in [0.25, 0.3) is 76.2 Å². The molecule has 0 N–H and O–H groups in total. The molecule has 0 spiro atoms. The van der Waals surface area contributed by atoms with Crippen LogP contribution in [0.4, 0.5) is 0 Å². The monoisotopic (exact) mass is 566 g/mol. The largest absolute Gasteiger partial charge is 0.455 e. The Morgan fingerprint density at radius 1 is 0.476 bits per heavy atom. The first-order chi connectivity index (χ1) is 19.7. The fourth-order valence-electron chi connectivity index (χ4n) is 7.04. The normalized spacial score (nSPS) is 13.8.